The third kappa shape index (κ3) is 4.30. The van der Waals surface area contributed by atoms with Gasteiger partial charge in [-0.2, -0.15) is 5.21 Å². The van der Waals surface area contributed by atoms with Gasteiger partial charge in [0.2, 0.25) is 15.1 Å². The molecule has 0 aliphatic heterocycles. The molecule has 1 N–H and O–H groups in total. The largest absolute Gasteiger partial charge is 0.246 e. The average molecular weight is 346 g/mol. The van der Waals surface area contributed by atoms with Crippen LogP contribution < -0.4 is 0 Å². The molecular formula is C6H10N12S3. The van der Waals surface area contributed by atoms with Crippen molar-refractivity contribution in [2.24, 2.45) is 21.1 Å². The molecule has 0 bridgehead atoms. The Labute approximate surface area is 131 Å². The molecule has 0 saturated carbocycles. The third-order valence-electron chi connectivity index (χ3n) is 1.97. The summed E-state index contributed by atoms with van der Waals surface area (Å²) >= 11 is 4.64. The van der Waals surface area contributed by atoms with Crippen LogP contribution in [0.5, 0.6) is 0 Å². The summed E-state index contributed by atoms with van der Waals surface area (Å²) in [5.41, 5.74) is 0. The van der Waals surface area contributed by atoms with Crippen LogP contribution in [0.3, 0.4) is 0 Å². The molecule has 0 amide bonds. The van der Waals surface area contributed by atoms with E-state index in [0.29, 0.717) is 15.1 Å². The predicted octanol–water partition coefficient (Wildman–Crippen LogP) is -0.594. The molecule has 112 valence electrons. The highest BCUT2D eigenvalue weighted by atomic mass is 33.1. The van der Waals surface area contributed by atoms with Crippen molar-refractivity contribution in [2.45, 2.75) is 10.3 Å². The van der Waals surface area contributed by atoms with Crippen LogP contribution in [0.1, 0.15) is 0 Å². The maximum absolute atomic E-state index is 4.64. The smallest absolute Gasteiger partial charge is 0.237 e. The second kappa shape index (κ2) is 7.23. The summed E-state index contributed by atoms with van der Waals surface area (Å²) in [6.45, 7) is 0. The number of H-pyrrole nitrogens is 1. The molecule has 15 heteroatoms. The first-order valence-electron chi connectivity index (χ1n) is 5.31. The van der Waals surface area contributed by atoms with Crippen molar-refractivity contribution in [2.75, 3.05) is 0 Å². The zero-order valence-corrected chi connectivity index (χ0v) is 13.6. The SMILES string of the molecule is Cn1[nH]nnc1=S.Cn1nnnc1SSc1nnnn1C. The van der Waals surface area contributed by atoms with Crippen molar-refractivity contribution in [3.63, 3.8) is 0 Å². The first kappa shape index (κ1) is 15.5. The van der Waals surface area contributed by atoms with Crippen LogP contribution in [0.25, 0.3) is 0 Å². The zero-order valence-electron chi connectivity index (χ0n) is 11.1. The van der Waals surface area contributed by atoms with Gasteiger partial charge in [0.1, 0.15) is 0 Å². The number of tetrazole rings is 3. The molecule has 21 heavy (non-hydrogen) atoms. The number of aryl methyl sites for hydroxylation is 3. The molecule has 0 atom stereocenters. The molecule has 0 saturated heterocycles. The molecule has 0 aromatic carbocycles. The van der Waals surface area contributed by atoms with Gasteiger partial charge in [0.15, 0.2) is 0 Å². The van der Waals surface area contributed by atoms with E-state index in [2.05, 4.69) is 58.8 Å². The lowest BCUT2D eigenvalue weighted by Crippen LogP contribution is -1.93. The topological polar surface area (TPSA) is 134 Å². The van der Waals surface area contributed by atoms with Gasteiger partial charge in [-0.1, -0.05) is 10.3 Å². The highest BCUT2D eigenvalue weighted by molar-refractivity contribution is 8.76. The Hall–Kier alpha value is -1.87. The van der Waals surface area contributed by atoms with Gasteiger partial charge in [-0.25, -0.2) is 14.0 Å². The van der Waals surface area contributed by atoms with Crippen molar-refractivity contribution in [3.05, 3.63) is 4.77 Å². The molecular weight excluding hydrogens is 336 g/mol. The molecule has 3 aromatic rings. The molecule has 0 aliphatic carbocycles. The molecule has 0 fully saturated rings. The van der Waals surface area contributed by atoms with Gasteiger partial charge in [0.25, 0.3) is 0 Å². The first-order chi connectivity index (χ1) is 10.1. The fourth-order valence-electron chi connectivity index (χ4n) is 0.900. The minimum atomic E-state index is 0.472. The Morgan fingerprint density at radius 1 is 0.905 bits per heavy atom. The van der Waals surface area contributed by atoms with Crippen LogP contribution in [0.15, 0.2) is 10.3 Å². The van der Waals surface area contributed by atoms with Gasteiger partial charge in [-0.05, 0) is 54.7 Å². The van der Waals surface area contributed by atoms with Crippen molar-refractivity contribution in [3.8, 4) is 0 Å². The Morgan fingerprint density at radius 3 is 1.67 bits per heavy atom. The molecule has 3 aromatic heterocycles. The predicted molar refractivity (Wildman–Crippen MR) is 75.5 cm³/mol. The maximum atomic E-state index is 4.64. The van der Waals surface area contributed by atoms with Crippen LogP contribution >= 0.6 is 33.8 Å². The van der Waals surface area contributed by atoms with Gasteiger partial charge in [-0.15, -0.1) is 10.2 Å². The number of aromatic nitrogens is 12. The minimum Gasteiger partial charge on any atom is -0.246 e. The summed E-state index contributed by atoms with van der Waals surface area (Å²) < 4.78 is 5.19. The standard InChI is InChI=1S/C4H6N8S2.C2H4N4S/c1-11-3(5-7-9-11)13-14-4-6-8-10-12(4)2;1-6-2(7)3-4-5-6/h1-2H3;1H3,(H,3,5,7). The molecule has 0 unspecified atom stereocenters. The van der Waals surface area contributed by atoms with Crippen LogP contribution in [0, 0.1) is 4.77 Å². The fourth-order valence-corrected chi connectivity index (χ4v) is 2.85. The molecule has 3 heterocycles. The highest BCUT2D eigenvalue weighted by Gasteiger charge is 2.08. The van der Waals surface area contributed by atoms with Crippen molar-refractivity contribution in [1.82, 2.24) is 60.6 Å². The number of nitrogens with one attached hydrogen (secondary N) is 1. The normalized spacial score (nSPS) is 10.2. The van der Waals surface area contributed by atoms with Crippen LogP contribution in [0.2, 0.25) is 0 Å². The first-order valence-corrected chi connectivity index (χ1v) is 7.87. The average Bonchev–Trinajstić information content (AvgIpc) is 3.14. The summed E-state index contributed by atoms with van der Waals surface area (Å²) in [7, 11) is 8.12. The summed E-state index contributed by atoms with van der Waals surface area (Å²) in [5.74, 6) is 0. The lowest BCUT2D eigenvalue weighted by Gasteiger charge is -1.95. The summed E-state index contributed by atoms with van der Waals surface area (Å²) in [5, 5.41) is 32.9. The highest BCUT2D eigenvalue weighted by Crippen LogP contribution is 2.33. The van der Waals surface area contributed by atoms with Crippen LogP contribution in [-0.4, -0.2) is 60.6 Å². The number of hydrogen-bond acceptors (Lipinski definition) is 11. The Balaban J connectivity index is 0.000000194. The Morgan fingerprint density at radius 2 is 1.43 bits per heavy atom. The second-order valence-corrected chi connectivity index (χ2v) is 5.91. The van der Waals surface area contributed by atoms with E-state index in [1.165, 1.54) is 21.6 Å². The third-order valence-corrected chi connectivity index (χ3v) is 4.54. The summed E-state index contributed by atoms with van der Waals surface area (Å²) in [6, 6.07) is 0. The van der Waals surface area contributed by atoms with Gasteiger partial charge in [0, 0.05) is 21.1 Å². The minimum absolute atomic E-state index is 0.472. The van der Waals surface area contributed by atoms with Crippen molar-refractivity contribution < 1.29 is 0 Å². The van der Waals surface area contributed by atoms with Crippen LogP contribution in [0.4, 0.5) is 0 Å². The van der Waals surface area contributed by atoms with E-state index in [1.54, 1.807) is 35.2 Å². The molecule has 12 nitrogen and oxygen atoms in total. The molecule has 0 aliphatic rings. The van der Waals surface area contributed by atoms with E-state index in [9.17, 15) is 0 Å². The van der Waals surface area contributed by atoms with E-state index in [-0.39, 0.29) is 0 Å². The second-order valence-electron chi connectivity index (χ2n) is 3.48. The van der Waals surface area contributed by atoms with Gasteiger partial charge in [0.05, 0.1) is 0 Å². The van der Waals surface area contributed by atoms with E-state index in [0.717, 1.165) is 0 Å². The quantitative estimate of drug-likeness (QED) is 0.481. The number of hydrogen-bond donors (Lipinski definition) is 1. The summed E-state index contributed by atoms with van der Waals surface area (Å²) in [6.07, 6.45) is 0. The van der Waals surface area contributed by atoms with Crippen molar-refractivity contribution in [1.29, 1.82) is 0 Å². The van der Waals surface area contributed by atoms with E-state index < -0.39 is 0 Å². The zero-order chi connectivity index (χ0) is 15.2. The van der Waals surface area contributed by atoms with Crippen molar-refractivity contribution >= 4 is 33.8 Å². The Kier molecular flexibility index (Phi) is 5.34. The van der Waals surface area contributed by atoms with E-state index in [1.807, 2.05) is 0 Å². The Bertz CT molecular complexity index is 698. The fraction of sp³-hybridized carbons (Fsp3) is 0.500. The van der Waals surface area contributed by atoms with E-state index >= 15 is 0 Å². The molecule has 3 rings (SSSR count). The van der Waals surface area contributed by atoms with Gasteiger partial charge < -0.3 is 0 Å². The molecule has 0 spiro atoms. The lowest BCUT2D eigenvalue weighted by atomic mass is 11.2. The monoisotopic (exact) mass is 346 g/mol. The summed E-state index contributed by atoms with van der Waals surface area (Å²) in [4.78, 5) is 0. The number of nitrogens with zero attached hydrogens (tertiary/aromatic N) is 11. The lowest BCUT2D eigenvalue weighted by molar-refractivity contribution is 0.664. The number of rotatable bonds is 3. The molecule has 0 radical (unpaired) electrons. The van der Waals surface area contributed by atoms with Crippen LogP contribution in [-0.2, 0) is 21.1 Å². The van der Waals surface area contributed by atoms with E-state index in [4.69, 9.17) is 0 Å². The number of aromatic amines is 1. The maximum Gasteiger partial charge on any atom is 0.237 e. The van der Waals surface area contributed by atoms with Gasteiger partial charge >= 0.3 is 0 Å². The van der Waals surface area contributed by atoms with Gasteiger partial charge in [-0.3, -0.25) is 0 Å².